The van der Waals surface area contributed by atoms with E-state index in [0.29, 0.717) is 24.4 Å². The van der Waals surface area contributed by atoms with Gasteiger partial charge in [-0.25, -0.2) is 9.50 Å². The third-order valence-corrected chi connectivity index (χ3v) is 4.68. The molecule has 4 rings (SSSR count). The fourth-order valence-electron chi connectivity index (χ4n) is 3.00. The average Bonchev–Trinajstić information content (AvgIpc) is 3.20. The summed E-state index contributed by atoms with van der Waals surface area (Å²) in [5, 5.41) is 4.34. The number of rotatable bonds is 2. The second-order valence-electron chi connectivity index (χ2n) is 5.84. The lowest BCUT2D eigenvalue weighted by Crippen LogP contribution is -2.35. The minimum Gasteiger partial charge on any atom is -0.351 e. The van der Waals surface area contributed by atoms with Crippen molar-refractivity contribution in [1.82, 2.24) is 24.1 Å². The largest absolute Gasteiger partial charge is 0.351 e. The van der Waals surface area contributed by atoms with Gasteiger partial charge in [-0.1, -0.05) is 6.08 Å². The smallest absolute Gasteiger partial charge is 0.274 e. The molecule has 0 fully saturated rings. The highest BCUT2D eigenvalue weighted by atomic mass is 79.9. The Balaban J connectivity index is 1.55. The van der Waals surface area contributed by atoms with Gasteiger partial charge in [-0.2, -0.15) is 5.10 Å². The van der Waals surface area contributed by atoms with E-state index in [1.54, 1.807) is 23.0 Å². The normalized spacial score (nSPS) is 14.9. The molecule has 1 aliphatic heterocycles. The van der Waals surface area contributed by atoms with Crippen LogP contribution in [0.5, 0.6) is 0 Å². The van der Waals surface area contributed by atoms with E-state index in [2.05, 4.69) is 42.7 Å². The van der Waals surface area contributed by atoms with Crippen molar-refractivity contribution >= 4 is 33.1 Å². The highest BCUT2D eigenvalue weighted by molar-refractivity contribution is 9.10. The molecule has 0 atom stereocenters. The highest BCUT2D eigenvalue weighted by Gasteiger charge is 2.22. The van der Waals surface area contributed by atoms with Gasteiger partial charge in [-0.05, 0) is 40.1 Å². The van der Waals surface area contributed by atoms with E-state index in [1.165, 1.54) is 11.3 Å². The first-order valence-corrected chi connectivity index (χ1v) is 8.52. The first-order chi connectivity index (χ1) is 11.6. The van der Waals surface area contributed by atoms with Crippen LogP contribution in [-0.4, -0.2) is 43.1 Å². The van der Waals surface area contributed by atoms with Crippen LogP contribution < -0.4 is 0 Å². The molecule has 0 N–H and O–H groups in total. The third kappa shape index (κ3) is 2.65. The topological polar surface area (TPSA) is 55.4 Å². The summed E-state index contributed by atoms with van der Waals surface area (Å²) < 4.78 is 4.55. The number of halogens is 1. The van der Waals surface area contributed by atoms with Crippen molar-refractivity contribution in [2.75, 3.05) is 13.1 Å². The van der Waals surface area contributed by atoms with Crippen LogP contribution in [-0.2, 0) is 7.05 Å². The fourth-order valence-corrected chi connectivity index (χ4v) is 3.30. The minimum atomic E-state index is -0.0567. The fraction of sp³-hybridized carbons (Fsp3) is 0.235. The SMILES string of the molecule is Cn1cccc1C1=CCN(C(=O)c2cc3ncc(Br)cn3n2)CC1. The summed E-state index contributed by atoms with van der Waals surface area (Å²) in [6.45, 7) is 1.30. The zero-order valence-electron chi connectivity index (χ0n) is 13.2. The average molecular weight is 386 g/mol. The summed E-state index contributed by atoms with van der Waals surface area (Å²) >= 11 is 3.36. The molecule has 0 aliphatic carbocycles. The molecule has 0 saturated carbocycles. The van der Waals surface area contributed by atoms with E-state index >= 15 is 0 Å². The van der Waals surface area contributed by atoms with E-state index < -0.39 is 0 Å². The second kappa shape index (κ2) is 5.90. The van der Waals surface area contributed by atoms with E-state index in [9.17, 15) is 4.79 Å². The molecule has 1 aliphatic rings. The van der Waals surface area contributed by atoms with Gasteiger partial charge in [0.05, 0.1) is 4.47 Å². The summed E-state index contributed by atoms with van der Waals surface area (Å²) in [4.78, 5) is 18.8. The first-order valence-electron chi connectivity index (χ1n) is 7.73. The van der Waals surface area contributed by atoms with Gasteiger partial charge in [0.15, 0.2) is 11.3 Å². The predicted octanol–water partition coefficient (Wildman–Crippen LogP) is 2.76. The Bertz CT molecular complexity index is 955. The van der Waals surface area contributed by atoms with Gasteiger partial charge in [-0.15, -0.1) is 0 Å². The quantitative estimate of drug-likeness (QED) is 0.681. The van der Waals surface area contributed by atoms with Crippen molar-refractivity contribution in [3.8, 4) is 0 Å². The van der Waals surface area contributed by atoms with Crippen molar-refractivity contribution < 1.29 is 4.79 Å². The van der Waals surface area contributed by atoms with Crippen molar-refractivity contribution in [2.45, 2.75) is 6.42 Å². The Hall–Kier alpha value is -2.41. The van der Waals surface area contributed by atoms with E-state index in [-0.39, 0.29) is 5.91 Å². The maximum Gasteiger partial charge on any atom is 0.274 e. The number of carbonyl (C=O) groups is 1. The lowest BCUT2D eigenvalue weighted by Gasteiger charge is -2.26. The Morgan fingerprint density at radius 1 is 1.38 bits per heavy atom. The van der Waals surface area contributed by atoms with Crippen LogP contribution in [0.25, 0.3) is 11.2 Å². The van der Waals surface area contributed by atoms with Crippen molar-refractivity contribution in [3.63, 3.8) is 0 Å². The number of aromatic nitrogens is 4. The lowest BCUT2D eigenvalue weighted by molar-refractivity contribution is 0.0766. The highest BCUT2D eigenvalue weighted by Crippen LogP contribution is 2.23. The molecule has 7 heteroatoms. The zero-order chi connectivity index (χ0) is 16.7. The molecular formula is C17H16BrN5O. The Kier molecular flexibility index (Phi) is 3.72. The molecule has 4 heterocycles. The van der Waals surface area contributed by atoms with Crippen molar-refractivity contribution in [2.24, 2.45) is 7.05 Å². The predicted molar refractivity (Wildman–Crippen MR) is 94.6 cm³/mol. The summed E-state index contributed by atoms with van der Waals surface area (Å²) in [5.41, 5.74) is 3.59. The Morgan fingerprint density at radius 2 is 2.25 bits per heavy atom. The van der Waals surface area contributed by atoms with Gasteiger partial charge in [0, 0.05) is 50.5 Å². The van der Waals surface area contributed by atoms with Crippen molar-refractivity contribution in [1.29, 1.82) is 0 Å². The van der Waals surface area contributed by atoms with Gasteiger partial charge >= 0.3 is 0 Å². The monoisotopic (exact) mass is 385 g/mol. The van der Waals surface area contributed by atoms with Crippen LogP contribution in [0.1, 0.15) is 22.6 Å². The van der Waals surface area contributed by atoms with Crippen LogP contribution in [0.3, 0.4) is 0 Å². The van der Waals surface area contributed by atoms with E-state index in [4.69, 9.17) is 0 Å². The molecule has 0 saturated heterocycles. The molecule has 0 radical (unpaired) electrons. The number of hydrogen-bond acceptors (Lipinski definition) is 3. The number of aryl methyl sites for hydroxylation is 1. The molecule has 3 aromatic rings. The number of nitrogens with zero attached hydrogens (tertiary/aromatic N) is 5. The van der Waals surface area contributed by atoms with Crippen molar-refractivity contribution in [3.05, 3.63) is 58.7 Å². The molecule has 1 amide bonds. The van der Waals surface area contributed by atoms with Gasteiger partial charge in [0.2, 0.25) is 0 Å². The summed E-state index contributed by atoms with van der Waals surface area (Å²) in [6, 6.07) is 5.87. The summed E-state index contributed by atoms with van der Waals surface area (Å²) in [7, 11) is 2.04. The molecule has 0 bridgehead atoms. The van der Waals surface area contributed by atoms with Gasteiger partial charge in [0.1, 0.15) is 0 Å². The molecule has 122 valence electrons. The Labute approximate surface area is 147 Å². The van der Waals surface area contributed by atoms with Crippen LogP contribution in [0, 0.1) is 0 Å². The maximum atomic E-state index is 12.7. The number of amides is 1. The van der Waals surface area contributed by atoms with Crippen LogP contribution in [0.2, 0.25) is 0 Å². The van der Waals surface area contributed by atoms with Gasteiger partial charge < -0.3 is 9.47 Å². The standard InChI is InChI=1S/C17H16BrN5O/c1-21-6-2-3-15(21)12-4-7-22(8-5-12)17(24)14-9-16-19-10-13(18)11-23(16)20-14/h2-4,6,9-11H,5,7-8H2,1H3. The van der Waals surface area contributed by atoms with Gasteiger partial charge in [0.25, 0.3) is 5.91 Å². The molecule has 0 spiro atoms. The van der Waals surface area contributed by atoms with Crippen LogP contribution in [0.4, 0.5) is 0 Å². The molecule has 0 aromatic carbocycles. The second-order valence-corrected chi connectivity index (χ2v) is 6.76. The first kappa shape index (κ1) is 15.1. The minimum absolute atomic E-state index is 0.0567. The van der Waals surface area contributed by atoms with E-state index in [1.807, 2.05) is 24.2 Å². The number of fused-ring (bicyclic) bond motifs is 1. The Morgan fingerprint density at radius 3 is 2.96 bits per heavy atom. The number of carbonyl (C=O) groups excluding carboxylic acids is 1. The van der Waals surface area contributed by atoms with Gasteiger partial charge in [-0.3, -0.25) is 4.79 Å². The number of hydrogen-bond donors (Lipinski definition) is 0. The van der Waals surface area contributed by atoms with Crippen LogP contribution in [0.15, 0.2) is 47.3 Å². The summed E-state index contributed by atoms with van der Waals surface area (Å²) in [5.74, 6) is -0.0567. The lowest BCUT2D eigenvalue weighted by atomic mass is 10.0. The molecular weight excluding hydrogens is 370 g/mol. The zero-order valence-corrected chi connectivity index (χ0v) is 14.8. The molecule has 0 unspecified atom stereocenters. The molecule has 3 aromatic heterocycles. The molecule has 6 nitrogen and oxygen atoms in total. The maximum absolute atomic E-state index is 12.7. The summed E-state index contributed by atoms with van der Waals surface area (Å²) in [6.07, 6.45) is 8.50. The molecule has 24 heavy (non-hydrogen) atoms. The van der Waals surface area contributed by atoms with Crippen LogP contribution >= 0.6 is 15.9 Å². The van der Waals surface area contributed by atoms with E-state index in [0.717, 1.165) is 10.9 Å². The third-order valence-electron chi connectivity index (χ3n) is 4.27.